The van der Waals surface area contributed by atoms with Crippen molar-refractivity contribution in [2.24, 2.45) is 11.8 Å². The summed E-state index contributed by atoms with van der Waals surface area (Å²) in [6, 6.07) is 0. The Balaban J connectivity index is 0.00000324. The smallest absolute Gasteiger partial charge is 0.307 e. The van der Waals surface area contributed by atoms with Crippen molar-refractivity contribution in [2.75, 3.05) is 0 Å². The van der Waals surface area contributed by atoms with Gasteiger partial charge in [0.2, 0.25) is 5.92 Å². The minimum atomic E-state index is -2.79. The fourth-order valence-corrected chi connectivity index (χ4v) is 2.01. The lowest BCUT2D eigenvalue weighted by molar-refractivity contribution is -0.171. The molecule has 0 amide bonds. The third kappa shape index (κ3) is 5.76. The molecule has 19 heavy (non-hydrogen) atoms. The van der Waals surface area contributed by atoms with Crippen LogP contribution in [0.5, 0.6) is 0 Å². The fraction of sp³-hybridized carbons (Fsp3) is 0.833. The van der Waals surface area contributed by atoms with Crippen LogP contribution >= 0.6 is 13.5 Å². The standard InChI is InChI=1S/C12H18F2O4.H2S/c1-11(2,3)18-9(15)4-8(10(16)17)7-5-12(13,14)6-7;/h7-8H,4-6H2,1-3H3,(H,16,17);1H2/t8-;/m0./s1. The summed E-state index contributed by atoms with van der Waals surface area (Å²) >= 11 is 0. The Morgan fingerprint density at radius 2 is 1.84 bits per heavy atom. The molecule has 0 aliphatic heterocycles. The van der Waals surface area contributed by atoms with Gasteiger partial charge in [-0.15, -0.1) is 0 Å². The van der Waals surface area contributed by atoms with Gasteiger partial charge in [0.05, 0.1) is 12.3 Å². The molecule has 1 N–H and O–H groups in total. The van der Waals surface area contributed by atoms with Crippen LogP contribution in [0.2, 0.25) is 0 Å². The van der Waals surface area contributed by atoms with Crippen molar-refractivity contribution in [3.05, 3.63) is 0 Å². The summed E-state index contributed by atoms with van der Waals surface area (Å²) in [7, 11) is 0. The van der Waals surface area contributed by atoms with E-state index >= 15 is 0 Å². The van der Waals surface area contributed by atoms with Gasteiger partial charge in [-0.2, -0.15) is 13.5 Å². The molecule has 1 aliphatic carbocycles. The van der Waals surface area contributed by atoms with E-state index in [1.54, 1.807) is 20.8 Å². The molecular weight excluding hydrogens is 278 g/mol. The summed E-state index contributed by atoms with van der Waals surface area (Å²) in [4.78, 5) is 22.5. The predicted octanol–water partition coefficient (Wildman–Crippen LogP) is 2.58. The largest absolute Gasteiger partial charge is 0.481 e. The number of alkyl halides is 2. The van der Waals surface area contributed by atoms with Gasteiger partial charge in [0, 0.05) is 12.8 Å². The summed E-state index contributed by atoms with van der Waals surface area (Å²) in [5.41, 5.74) is -0.705. The lowest BCUT2D eigenvalue weighted by Gasteiger charge is -2.38. The molecule has 0 saturated heterocycles. The molecule has 112 valence electrons. The number of rotatable bonds is 4. The highest BCUT2D eigenvalue weighted by Crippen LogP contribution is 2.47. The van der Waals surface area contributed by atoms with Crippen LogP contribution < -0.4 is 0 Å². The number of carboxylic acid groups (broad SMARTS) is 1. The van der Waals surface area contributed by atoms with Crippen molar-refractivity contribution in [2.45, 2.75) is 51.6 Å². The second-order valence-corrected chi connectivity index (χ2v) is 5.76. The molecule has 4 nitrogen and oxygen atoms in total. The second kappa shape index (κ2) is 6.07. The Labute approximate surface area is 118 Å². The van der Waals surface area contributed by atoms with E-state index in [-0.39, 0.29) is 19.9 Å². The number of ether oxygens (including phenoxy) is 1. The maximum Gasteiger partial charge on any atom is 0.307 e. The first-order valence-corrected chi connectivity index (χ1v) is 5.83. The Morgan fingerprint density at radius 1 is 1.37 bits per heavy atom. The third-order valence-corrected chi connectivity index (χ3v) is 2.81. The molecule has 1 fully saturated rings. The lowest BCUT2D eigenvalue weighted by Crippen LogP contribution is -2.43. The average Bonchev–Trinajstić information content (AvgIpc) is 2.06. The number of carbonyl (C=O) groups excluding carboxylic acids is 1. The summed E-state index contributed by atoms with van der Waals surface area (Å²) in [5.74, 6) is -6.40. The Kier molecular flexibility index (Phi) is 5.80. The normalized spacial score (nSPS) is 19.8. The number of hydrogen-bond donors (Lipinski definition) is 1. The van der Waals surface area contributed by atoms with E-state index in [1.165, 1.54) is 0 Å². The molecule has 0 heterocycles. The lowest BCUT2D eigenvalue weighted by atomic mass is 9.72. The molecule has 0 unspecified atom stereocenters. The van der Waals surface area contributed by atoms with E-state index < -0.39 is 48.1 Å². The van der Waals surface area contributed by atoms with E-state index in [9.17, 15) is 18.4 Å². The highest BCUT2D eigenvalue weighted by molar-refractivity contribution is 7.59. The van der Waals surface area contributed by atoms with Crippen molar-refractivity contribution in [1.82, 2.24) is 0 Å². The molecule has 1 rings (SSSR count). The number of carbonyl (C=O) groups is 2. The molecule has 0 spiro atoms. The molecule has 0 aromatic carbocycles. The monoisotopic (exact) mass is 298 g/mol. The molecule has 1 aliphatic rings. The van der Waals surface area contributed by atoms with Gasteiger partial charge in [0.15, 0.2) is 0 Å². The number of carboxylic acids is 1. The Bertz CT molecular complexity index is 344. The first-order chi connectivity index (χ1) is 8.00. The maximum atomic E-state index is 12.7. The number of esters is 1. The van der Waals surface area contributed by atoms with E-state index in [0.717, 1.165) is 0 Å². The average molecular weight is 298 g/mol. The minimum Gasteiger partial charge on any atom is -0.481 e. The van der Waals surface area contributed by atoms with Gasteiger partial charge in [-0.05, 0) is 26.7 Å². The van der Waals surface area contributed by atoms with Crippen LogP contribution in [0.3, 0.4) is 0 Å². The zero-order valence-electron chi connectivity index (χ0n) is 11.2. The van der Waals surface area contributed by atoms with Gasteiger partial charge in [0.1, 0.15) is 5.60 Å². The fourth-order valence-electron chi connectivity index (χ4n) is 2.01. The van der Waals surface area contributed by atoms with Gasteiger partial charge in [0.25, 0.3) is 0 Å². The topological polar surface area (TPSA) is 63.6 Å². The highest BCUT2D eigenvalue weighted by atomic mass is 32.1. The Hall–Kier alpha value is -0.850. The van der Waals surface area contributed by atoms with Crippen molar-refractivity contribution in [3.8, 4) is 0 Å². The summed E-state index contributed by atoms with van der Waals surface area (Å²) in [6.45, 7) is 4.99. The maximum absolute atomic E-state index is 12.7. The zero-order chi connectivity index (χ0) is 14.1. The van der Waals surface area contributed by atoms with Crippen LogP contribution in [0, 0.1) is 11.8 Å². The third-order valence-electron chi connectivity index (χ3n) is 2.81. The summed E-state index contributed by atoms with van der Waals surface area (Å²) < 4.78 is 30.4. The van der Waals surface area contributed by atoms with Crippen LogP contribution in [0.1, 0.15) is 40.0 Å². The Morgan fingerprint density at radius 3 is 2.16 bits per heavy atom. The van der Waals surface area contributed by atoms with Crippen molar-refractivity contribution in [3.63, 3.8) is 0 Å². The van der Waals surface area contributed by atoms with Gasteiger partial charge >= 0.3 is 11.9 Å². The highest BCUT2D eigenvalue weighted by Gasteiger charge is 2.50. The molecule has 0 bridgehead atoms. The molecular formula is C12H20F2O4S. The number of aliphatic carboxylic acids is 1. The van der Waals surface area contributed by atoms with Crippen molar-refractivity contribution >= 4 is 25.4 Å². The van der Waals surface area contributed by atoms with Crippen LogP contribution in [-0.4, -0.2) is 28.6 Å². The number of hydrogen-bond acceptors (Lipinski definition) is 3. The van der Waals surface area contributed by atoms with E-state index in [2.05, 4.69) is 0 Å². The summed E-state index contributed by atoms with van der Waals surface area (Å²) in [6.07, 6.45) is -1.28. The van der Waals surface area contributed by atoms with Gasteiger partial charge < -0.3 is 9.84 Å². The SMILES string of the molecule is CC(C)(C)OC(=O)C[C@H](C(=O)O)C1CC(F)(F)C1.S. The molecule has 7 heteroatoms. The molecule has 1 saturated carbocycles. The predicted molar refractivity (Wildman–Crippen MR) is 69.6 cm³/mol. The van der Waals surface area contributed by atoms with Gasteiger partial charge in [-0.1, -0.05) is 0 Å². The van der Waals surface area contributed by atoms with Crippen molar-refractivity contribution in [1.29, 1.82) is 0 Å². The molecule has 0 aromatic rings. The second-order valence-electron chi connectivity index (χ2n) is 5.76. The van der Waals surface area contributed by atoms with Crippen LogP contribution in [0.15, 0.2) is 0 Å². The van der Waals surface area contributed by atoms with E-state index in [1.807, 2.05) is 0 Å². The minimum absolute atomic E-state index is 0. The van der Waals surface area contributed by atoms with Crippen LogP contribution in [0.25, 0.3) is 0 Å². The molecule has 1 atom stereocenters. The van der Waals surface area contributed by atoms with Crippen LogP contribution in [0.4, 0.5) is 8.78 Å². The first kappa shape index (κ1) is 18.1. The summed E-state index contributed by atoms with van der Waals surface area (Å²) in [5, 5.41) is 8.97. The first-order valence-electron chi connectivity index (χ1n) is 5.83. The molecule has 0 radical (unpaired) electrons. The van der Waals surface area contributed by atoms with Crippen LogP contribution in [-0.2, 0) is 14.3 Å². The zero-order valence-corrected chi connectivity index (χ0v) is 12.2. The van der Waals surface area contributed by atoms with Crippen molar-refractivity contribution < 1.29 is 28.2 Å². The van der Waals surface area contributed by atoms with Gasteiger partial charge in [-0.25, -0.2) is 8.78 Å². The van der Waals surface area contributed by atoms with E-state index in [0.29, 0.717) is 0 Å². The molecule has 0 aromatic heterocycles. The quantitative estimate of drug-likeness (QED) is 0.810. The number of halogens is 2. The van der Waals surface area contributed by atoms with E-state index in [4.69, 9.17) is 9.84 Å². The van der Waals surface area contributed by atoms with Gasteiger partial charge in [-0.3, -0.25) is 9.59 Å².